The molecule has 45 heavy (non-hydrogen) atoms. The summed E-state index contributed by atoms with van der Waals surface area (Å²) in [5.41, 5.74) is 0.203. The molecule has 0 atom stereocenters. The number of ether oxygens (including phenoxy) is 5. The van der Waals surface area contributed by atoms with Crippen LogP contribution in [0.4, 0.5) is 10.5 Å². The van der Waals surface area contributed by atoms with Gasteiger partial charge in [0, 0.05) is 23.6 Å². The van der Waals surface area contributed by atoms with Crippen LogP contribution in [-0.2, 0) is 19.0 Å². The number of carbonyl (C=O) groups is 2. The average molecular weight is 621 g/mol. The number of carbonyl (C=O) groups excluding carboxylic acids is 2. The quantitative estimate of drug-likeness (QED) is 0.307. The number of nitrogens with one attached hydrogen (secondary N) is 2. The number of aromatic nitrogens is 2. The summed E-state index contributed by atoms with van der Waals surface area (Å²) in [5.74, 6) is 6.86. The van der Waals surface area contributed by atoms with Gasteiger partial charge in [-0.05, 0) is 84.9 Å². The van der Waals surface area contributed by atoms with Gasteiger partial charge >= 0.3 is 6.09 Å². The zero-order chi connectivity index (χ0) is 32.8. The van der Waals surface area contributed by atoms with Gasteiger partial charge in [0.25, 0.3) is 5.89 Å². The molecule has 0 unspecified atom stereocenters. The Balaban J connectivity index is 1.69. The maximum Gasteiger partial charge on any atom is 0.409 e. The number of amides is 2. The van der Waals surface area contributed by atoms with Crippen LogP contribution < -0.4 is 20.1 Å². The van der Waals surface area contributed by atoms with Crippen LogP contribution in [0.15, 0.2) is 40.9 Å². The van der Waals surface area contributed by atoms with Gasteiger partial charge in [-0.3, -0.25) is 4.79 Å². The van der Waals surface area contributed by atoms with Crippen molar-refractivity contribution in [1.82, 2.24) is 15.5 Å². The van der Waals surface area contributed by atoms with Crippen molar-refractivity contribution >= 4 is 17.7 Å². The van der Waals surface area contributed by atoms with E-state index in [4.69, 9.17) is 28.2 Å². The molecule has 3 aromatic rings. The highest BCUT2D eigenvalue weighted by atomic mass is 16.7. The predicted octanol–water partition coefficient (Wildman–Crippen LogP) is 5.56. The largest absolute Gasteiger partial charge is 0.490 e. The van der Waals surface area contributed by atoms with E-state index in [1.165, 1.54) is 6.92 Å². The number of hydrogen-bond acceptors (Lipinski definition) is 10. The zero-order valence-electron chi connectivity index (χ0n) is 27.0. The lowest BCUT2D eigenvalue weighted by Crippen LogP contribution is -2.60. The highest BCUT2D eigenvalue weighted by Crippen LogP contribution is 2.33. The van der Waals surface area contributed by atoms with Crippen molar-refractivity contribution in [2.75, 3.05) is 31.7 Å². The van der Waals surface area contributed by atoms with Gasteiger partial charge in [0.2, 0.25) is 11.7 Å². The summed E-state index contributed by atoms with van der Waals surface area (Å²) in [6.45, 7) is 15.1. The van der Waals surface area contributed by atoms with Crippen LogP contribution in [0.25, 0.3) is 22.8 Å². The molecule has 4 rings (SSSR count). The second-order valence-electron chi connectivity index (χ2n) is 11.8. The number of rotatable bonds is 8. The van der Waals surface area contributed by atoms with E-state index in [1.807, 2.05) is 19.9 Å². The summed E-state index contributed by atoms with van der Waals surface area (Å²) in [4.78, 5) is 29.4. The smallest absolute Gasteiger partial charge is 0.409 e. The van der Waals surface area contributed by atoms with E-state index < -0.39 is 23.0 Å². The summed E-state index contributed by atoms with van der Waals surface area (Å²) >= 11 is 0. The van der Waals surface area contributed by atoms with Gasteiger partial charge in [0.05, 0.1) is 32.1 Å². The topological polar surface area (TPSA) is 143 Å². The molecule has 0 spiro atoms. The van der Waals surface area contributed by atoms with E-state index in [2.05, 4.69) is 32.6 Å². The molecule has 12 nitrogen and oxygen atoms in total. The lowest BCUT2D eigenvalue weighted by atomic mass is 9.99. The summed E-state index contributed by atoms with van der Waals surface area (Å²) < 4.78 is 34.2. The summed E-state index contributed by atoms with van der Waals surface area (Å²) in [6, 6.07) is 10.6. The number of nitrogens with zero attached hydrogens (tertiary/aromatic N) is 2. The van der Waals surface area contributed by atoms with Crippen molar-refractivity contribution in [3.63, 3.8) is 0 Å². The Morgan fingerprint density at radius 2 is 1.64 bits per heavy atom. The summed E-state index contributed by atoms with van der Waals surface area (Å²) in [5, 5.41) is 9.79. The Kier molecular flexibility index (Phi) is 10.1. The lowest BCUT2D eigenvalue weighted by molar-refractivity contribution is -0.262. The van der Waals surface area contributed by atoms with Gasteiger partial charge in [-0.25, -0.2) is 4.79 Å². The van der Waals surface area contributed by atoms with Gasteiger partial charge < -0.3 is 38.8 Å². The normalized spacial score (nSPS) is 15.3. The Labute approximate surface area is 263 Å². The Bertz CT molecular complexity index is 1590. The fourth-order valence-corrected chi connectivity index (χ4v) is 4.27. The molecule has 2 heterocycles. The monoisotopic (exact) mass is 620 g/mol. The first-order valence-electron chi connectivity index (χ1n) is 14.7. The lowest BCUT2D eigenvalue weighted by Gasteiger charge is -2.41. The van der Waals surface area contributed by atoms with Crippen molar-refractivity contribution in [3.05, 3.63) is 42.0 Å². The minimum absolute atomic E-state index is 0.0431. The predicted molar refractivity (Wildman–Crippen MR) is 167 cm³/mol. The van der Waals surface area contributed by atoms with Crippen molar-refractivity contribution in [3.8, 4) is 46.2 Å². The summed E-state index contributed by atoms with van der Waals surface area (Å²) in [7, 11) is 0. The maximum atomic E-state index is 12.8. The third-order valence-electron chi connectivity index (χ3n) is 6.31. The van der Waals surface area contributed by atoms with Gasteiger partial charge in [0.15, 0.2) is 22.8 Å². The van der Waals surface area contributed by atoms with Gasteiger partial charge in [-0.1, -0.05) is 17.0 Å². The van der Waals surface area contributed by atoms with Crippen molar-refractivity contribution in [2.24, 2.45) is 0 Å². The second kappa shape index (κ2) is 13.6. The first-order chi connectivity index (χ1) is 21.2. The molecule has 2 amide bonds. The second-order valence-corrected chi connectivity index (χ2v) is 11.8. The van der Waals surface area contributed by atoms with E-state index >= 15 is 0 Å². The van der Waals surface area contributed by atoms with Crippen molar-refractivity contribution < 1.29 is 37.8 Å². The van der Waals surface area contributed by atoms with Crippen molar-refractivity contribution in [1.29, 1.82) is 0 Å². The van der Waals surface area contributed by atoms with Gasteiger partial charge in [-0.15, -0.1) is 0 Å². The van der Waals surface area contributed by atoms with Crippen LogP contribution in [0.5, 0.6) is 11.5 Å². The number of hydrogen-bond donors (Lipinski definition) is 2. The highest BCUT2D eigenvalue weighted by Gasteiger charge is 2.41. The molecule has 1 fully saturated rings. The maximum absolute atomic E-state index is 12.8. The van der Waals surface area contributed by atoms with E-state index in [9.17, 15) is 9.59 Å². The minimum atomic E-state index is -1.23. The van der Waals surface area contributed by atoms with Gasteiger partial charge in [-0.2, -0.15) is 4.98 Å². The first-order valence-corrected chi connectivity index (χ1v) is 14.7. The number of benzene rings is 2. The molecule has 1 aliphatic heterocycles. The standard InChI is InChI=1S/C33H40N4O8/c1-9-40-26-14-12-24(18-27(26)41-10-2)29-35-28(37-45-29)23-11-13-25(34-21(3)38)22(17-23)15-16-33(19-42-32(7,8)43-20-33)36-30(39)44-31(4,5)6/h11-14,17-18H,9-10,19-20H2,1-8H3,(H,34,38)(H,36,39). The van der Waals surface area contributed by atoms with Crippen LogP contribution in [-0.4, -0.2) is 65.5 Å². The average Bonchev–Trinajstić information content (AvgIpc) is 3.44. The molecule has 2 aromatic carbocycles. The molecule has 2 N–H and O–H groups in total. The van der Waals surface area contributed by atoms with Crippen LogP contribution in [0, 0.1) is 11.8 Å². The molecular formula is C33H40N4O8. The van der Waals surface area contributed by atoms with E-state index in [1.54, 1.807) is 65.0 Å². The summed E-state index contributed by atoms with van der Waals surface area (Å²) in [6.07, 6.45) is -0.666. The molecule has 12 heteroatoms. The molecule has 240 valence electrons. The fourth-order valence-electron chi connectivity index (χ4n) is 4.27. The van der Waals surface area contributed by atoms with E-state index in [0.717, 1.165) is 0 Å². The van der Waals surface area contributed by atoms with Crippen LogP contribution in [0.3, 0.4) is 0 Å². The molecule has 0 saturated carbocycles. The third kappa shape index (κ3) is 8.97. The van der Waals surface area contributed by atoms with Crippen LogP contribution in [0.2, 0.25) is 0 Å². The number of alkyl carbamates (subject to hydrolysis) is 1. The molecule has 1 aliphatic rings. The van der Waals surface area contributed by atoms with Crippen LogP contribution in [0.1, 0.15) is 61.0 Å². The Morgan fingerprint density at radius 1 is 0.978 bits per heavy atom. The first kappa shape index (κ1) is 33.3. The van der Waals surface area contributed by atoms with Gasteiger partial charge in [0.1, 0.15) is 5.60 Å². The highest BCUT2D eigenvalue weighted by molar-refractivity contribution is 5.91. The van der Waals surface area contributed by atoms with E-state index in [-0.39, 0.29) is 25.0 Å². The molecule has 0 bridgehead atoms. The van der Waals surface area contributed by atoms with E-state index in [0.29, 0.717) is 52.9 Å². The SMILES string of the molecule is CCOc1ccc(-c2nc(-c3ccc(NC(C)=O)c(C#CC4(NC(=O)OC(C)(C)C)COC(C)(C)OC4)c3)no2)cc1OCC. The molecular weight excluding hydrogens is 580 g/mol. The molecule has 0 aliphatic carbocycles. The zero-order valence-corrected chi connectivity index (χ0v) is 27.0. The Hall–Kier alpha value is -4.60. The fraction of sp³-hybridized carbons (Fsp3) is 0.455. The Morgan fingerprint density at radius 3 is 2.29 bits per heavy atom. The molecule has 1 saturated heterocycles. The number of anilines is 1. The van der Waals surface area contributed by atoms with Crippen molar-refractivity contribution in [2.45, 2.75) is 72.3 Å². The molecule has 1 aromatic heterocycles. The third-order valence-corrected chi connectivity index (χ3v) is 6.31. The molecule has 0 radical (unpaired) electrons. The van der Waals surface area contributed by atoms with Crippen LogP contribution >= 0.6 is 0 Å². The minimum Gasteiger partial charge on any atom is -0.490 e.